The minimum atomic E-state index is -0.831. The predicted octanol–water partition coefficient (Wildman–Crippen LogP) is 3.43. The van der Waals surface area contributed by atoms with E-state index in [1.165, 1.54) is 0 Å². The van der Waals surface area contributed by atoms with Crippen molar-refractivity contribution in [1.82, 2.24) is 10.6 Å². The quantitative estimate of drug-likeness (QED) is 0.318. The number of nitrogens with two attached hydrogens (primary N) is 1. The Morgan fingerprint density at radius 2 is 1.73 bits per heavy atom. The molecule has 7 nitrogen and oxygen atoms in total. The van der Waals surface area contributed by atoms with Gasteiger partial charge in [-0.2, -0.15) is 0 Å². The molecule has 1 rings (SSSR count). The molecule has 0 unspecified atom stereocenters. The zero-order valence-corrected chi connectivity index (χ0v) is 18.1. The van der Waals surface area contributed by atoms with Crippen LogP contribution in [0.25, 0.3) is 0 Å². The molecule has 0 aliphatic rings. The van der Waals surface area contributed by atoms with Crippen molar-refractivity contribution in [3.05, 3.63) is 48.6 Å². The standard InChI is InChI=1S/C23H35N3O4/c1-4-5-6-7-8-12-15-19(21(24)27)25-22(28)20(17(2)3)26-23(29)30-16-18-13-10-9-11-14-18/h4,9-11,13-14,17,19-20H,1,5-8,12,15-16H2,2-3H3,(H2,24,27)(H,25,28)(H,26,29)/t19-,20+/m0/s1. The topological polar surface area (TPSA) is 111 Å². The maximum atomic E-state index is 12.7. The largest absolute Gasteiger partial charge is 0.445 e. The molecule has 1 aromatic carbocycles. The normalized spacial score (nSPS) is 12.6. The third-order valence-corrected chi connectivity index (χ3v) is 4.75. The number of hydrogen-bond donors (Lipinski definition) is 3. The summed E-state index contributed by atoms with van der Waals surface area (Å²) in [6.45, 7) is 7.41. The number of hydrogen-bond acceptors (Lipinski definition) is 4. The van der Waals surface area contributed by atoms with E-state index in [0.717, 1.165) is 37.7 Å². The molecule has 1 aromatic rings. The lowest BCUT2D eigenvalue weighted by Gasteiger charge is -2.24. The Morgan fingerprint density at radius 3 is 2.33 bits per heavy atom. The van der Waals surface area contributed by atoms with Gasteiger partial charge in [0.15, 0.2) is 0 Å². The van der Waals surface area contributed by atoms with Crippen molar-refractivity contribution in [2.75, 3.05) is 0 Å². The third-order valence-electron chi connectivity index (χ3n) is 4.75. The highest BCUT2D eigenvalue weighted by molar-refractivity contribution is 5.90. The second-order valence-electron chi connectivity index (χ2n) is 7.67. The van der Waals surface area contributed by atoms with Crippen LogP contribution in [0.15, 0.2) is 43.0 Å². The molecule has 0 bridgehead atoms. The molecule has 2 atom stereocenters. The number of primary amides is 1. The van der Waals surface area contributed by atoms with Gasteiger partial charge in [0.1, 0.15) is 18.7 Å². The Hall–Kier alpha value is -2.83. The summed E-state index contributed by atoms with van der Waals surface area (Å²) in [5, 5.41) is 5.27. The number of ether oxygens (including phenoxy) is 1. The van der Waals surface area contributed by atoms with E-state index in [4.69, 9.17) is 10.5 Å². The summed E-state index contributed by atoms with van der Waals surface area (Å²) >= 11 is 0. The predicted molar refractivity (Wildman–Crippen MR) is 117 cm³/mol. The van der Waals surface area contributed by atoms with E-state index in [-0.39, 0.29) is 12.5 Å². The molecule has 0 spiro atoms. The second kappa shape index (κ2) is 14.2. The number of amides is 3. The number of carbonyl (C=O) groups is 3. The molecular formula is C23H35N3O4. The van der Waals surface area contributed by atoms with Gasteiger partial charge in [-0.3, -0.25) is 9.59 Å². The Balaban J connectivity index is 2.53. The van der Waals surface area contributed by atoms with Crippen molar-refractivity contribution < 1.29 is 19.1 Å². The van der Waals surface area contributed by atoms with Gasteiger partial charge in [0.05, 0.1) is 0 Å². The second-order valence-corrected chi connectivity index (χ2v) is 7.67. The molecule has 3 amide bonds. The lowest BCUT2D eigenvalue weighted by molar-refractivity contribution is -0.129. The van der Waals surface area contributed by atoms with Gasteiger partial charge >= 0.3 is 6.09 Å². The lowest BCUT2D eigenvalue weighted by atomic mass is 10.0. The molecule has 0 radical (unpaired) electrons. The fourth-order valence-corrected chi connectivity index (χ4v) is 2.96. The molecule has 30 heavy (non-hydrogen) atoms. The highest BCUT2D eigenvalue weighted by Gasteiger charge is 2.28. The monoisotopic (exact) mass is 417 g/mol. The van der Waals surface area contributed by atoms with Crippen molar-refractivity contribution >= 4 is 17.9 Å². The van der Waals surface area contributed by atoms with Gasteiger partial charge in [0.2, 0.25) is 11.8 Å². The van der Waals surface area contributed by atoms with E-state index in [9.17, 15) is 14.4 Å². The first-order valence-corrected chi connectivity index (χ1v) is 10.5. The molecule has 0 aliphatic carbocycles. The number of nitrogens with one attached hydrogen (secondary N) is 2. The summed E-state index contributed by atoms with van der Waals surface area (Å²) in [7, 11) is 0. The van der Waals surface area contributed by atoms with Gasteiger partial charge in [-0.1, -0.05) is 69.5 Å². The minimum Gasteiger partial charge on any atom is -0.445 e. The van der Waals surface area contributed by atoms with Crippen LogP contribution >= 0.6 is 0 Å². The number of rotatable bonds is 14. The Morgan fingerprint density at radius 1 is 1.07 bits per heavy atom. The fourth-order valence-electron chi connectivity index (χ4n) is 2.96. The molecule has 0 heterocycles. The number of allylic oxidation sites excluding steroid dienone is 1. The van der Waals surface area contributed by atoms with Crippen LogP contribution in [-0.2, 0) is 20.9 Å². The number of unbranched alkanes of at least 4 members (excludes halogenated alkanes) is 4. The summed E-state index contributed by atoms with van der Waals surface area (Å²) in [6.07, 6.45) is 6.46. The molecule has 0 saturated heterocycles. The van der Waals surface area contributed by atoms with Crippen LogP contribution in [0.2, 0.25) is 0 Å². The van der Waals surface area contributed by atoms with Crippen LogP contribution < -0.4 is 16.4 Å². The zero-order chi connectivity index (χ0) is 22.4. The van der Waals surface area contributed by atoms with Gasteiger partial charge in [0.25, 0.3) is 0 Å². The summed E-state index contributed by atoms with van der Waals surface area (Å²) in [4.78, 5) is 36.6. The maximum absolute atomic E-state index is 12.7. The summed E-state index contributed by atoms with van der Waals surface area (Å²) in [5.41, 5.74) is 6.31. The highest BCUT2D eigenvalue weighted by Crippen LogP contribution is 2.10. The first-order valence-electron chi connectivity index (χ1n) is 10.5. The third kappa shape index (κ3) is 10.1. The number of benzene rings is 1. The van der Waals surface area contributed by atoms with Crippen molar-refractivity contribution in [2.45, 2.75) is 71.1 Å². The van der Waals surface area contributed by atoms with Crippen molar-refractivity contribution in [1.29, 1.82) is 0 Å². The van der Waals surface area contributed by atoms with E-state index in [1.54, 1.807) is 13.8 Å². The van der Waals surface area contributed by atoms with Gasteiger partial charge in [-0.05, 0) is 30.7 Å². The van der Waals surface area contributed by atoms with E-state index in [2.05, 4.69) is 17.2 Å². The van der Waals surface area contributed by atoms with E-state index < -0.39 is 30.0 Å². The van der Waals surface area contributed by atoms with Crippen LogP contribution in [0, 0.1) is 5.92 Å². The van der Waals surface area contributed by atoms with E-state index in [1.807, 2.05) is 36.4 Å². The number of carbonyl (C=O) groups excluding carboxylic acids is 3. The van der Waals surface area contributed by atoms with Crippen LogP contribution in [0.4, 0.5) is 4.79 Å². The van der Waals surface area contributed by atoms with Crippen LogP contribution in [-0.4, -0.2) is 30.0 Å². The van der Waals surface area contributed by atoms with Gasteiger partial charge in [0, 0.05) is 0 Å². The first kappa shape index (κ1) is 25.2. The molecule has 0 fully saturated rings. The highest BCUT2D eigenvalue weighted by atomic mass is 16.5. The molecule has 166 valence electrons. The average Bonchev–Trinajstić information content (AvgIpc) is 2.72. The molecule has 0 saturated carbocycles. The zero-order valence-electron chi connectivity index (χ0n) is 18.1. The molecule has 0 aromatic heterocycles. The summed E-state index contributed by atoms with van der Waals surface area (Å²) in [5.74, 6) is -1.22. The maximum Gasteiger partial charge on any atom is 0.408 e. The van der Waals surface area contributed by atoms with Crippen LogP contribution in [0.5, 0.6) is 0 Å². The van der Waals surface area contributed by atoms with Gasteiger partial charge in [-0.15, -0.1) is 6.58 Å². The van der Waals surface area contributed by atoms with Crippen LogP contribution in [0.3, 0.4) is 0 Å². The molecule has 4 N–H and O–H groups in total. The Kier molecular flexibility index (Phi) is 11.9. The average molecular weight is 418 g/mol. The summed E-state index contributed by atoms with van der Waals surface area (Å²) < 4.78 is 5.19. The SMILES string of the molecule is C=CCCCCCC[C@H](NC(=O)[C@H](NC(=O)OCc1ccccc1)C(C)C)C(N)=O. The first-order chi connectivity index (χ1) is 14.3. The Bertz CT molecular complexity index is 676. The van der Waals surface area contributed by atoms with Crippen LogP contribution in [0.1, 0.15) is 57.9 Å². The smallest absolute Gasteiger partial charge is 0.408 e. The number of alkyl carbamates (subject to hydrolysis) is 1. The van der Waals surface area contributed by atoms with Gasteiger partial charge in [-0.25, -0.2) is 4.79 Å². The van der Waals surface area contributed by atoms with E-state index >= 15 is 0 Å². The van der Waals surface area contributed by atoms with Crippen molar-refractivity contribution in [3.63, 3.8) is 0 Å². The molecule has 0 aliphatic heterocycles. The summed E-state index contributed by atoms with van der Waals surface area (Å²) in [6, 6.07) is 7.67. The van der Waals surface area contributed by atoms with Gasteiger partial charge < -0.3 is 21.1 Å². The lowest BCUT2D eigenvalue weighted by Crippen LogP contribution is -2.54. The molecular weight excluding hydrogens is 382 g/mol. The Labute approximate surface area is 179 Å². The molecule has 7 heteroatoms. The minimum absolute atomic E-state index is 0.106. The van der Waals surface area contributed by atoms with E-state index in [0.29, 0.717) is 6.42 Å². The fraction of sp³-hybridized carbons (Fsp3) is 0.522. The van der Waals surface area contributed by atoms with Crippen molar-refractivity contribution in [2.24, 2.45) is 11.7 Å². The van der Waals surface area contributed by atoms with Crippen molar-refractivity contribution in [3.8, 4) is 0 Å².